The minimum Gasteiger partial charge on any atom is -0.491 e. The van der Waals surface area contributed by atoms with Gasteiger partial charge in [-0.1, -0.05) is 6.07 Å². The SMILES string of the molecule is CC(C)(O)CCCOc1ccncc1NC(=O)c1ccc(F)c(-c2c(F)cccc2F)n1. The average molecular weight is 445 g/mol. The highest BCUT2D eigenvalue weighted by molar-refractivity contribution is 6.03. The van der Waals surface area contributed by atoms with Crippen LogP contribution in [0.2, 0.25) is 0 Å². The molecule has 32 heavy (non-hydrogen) atoms. The van der Waals surface area contributed by atoms with Crippen molar-refractivity contribution < 1.29 is 27.8 Å². The zero-order valence-corrected chi connectivity index (χ0v) is 17.5. The predicted octanol–water partition coefficient (Wildman–Crippen LogP) is 4.74. The highest BCUT2D eigenvalue weighted by atomic mass is 19.1. The van der Waals surface area contributed by atoms with Gasteiger partial charge in [-0.3, -0.25) is 9.78 Å². The lowest BCUT2D eigenvalue weighted by Crippen LogP contribution is -2.19. The van der Waals surface area contributed by atoms with Crippen molar-refractivity contribution in [2.24, 2.45) is 0 Å². The van der Waals surface area contributed by atoms with E-state index in [2.05, 4.69) is 15.3 Å². The molecule has 0 atom stereocenters. The van der Waals surface area contributed by atoms with Crippen molar-refractivity contribution in [2.45, 2.75) is 32.3 Å². The Morgan fingerprint density at radius 2 is 1.81 bits per heavy atom. The smallest absolute Gasteiger partial charge is 0.274 e. The monoisotopic (exact) mass is 445 g/mol. The van der Waals surface area contributed by atoms with E-state index >= 15 is 0 Å². The highest BCUT2D eigenvalue weighted by Gasteiger charge is 2.20. The van der Waals surface area contributed by atoms with Gasteiger partial charge in [0.15, 0.2) is 0 Å². The Morgan fingerprint density at radius 3 is 2.50 bits per heavy atom. The summed E-state index contributed by atoms with van der Waals surface area (Å²) in [5, 5.41) is 12.3. The number of halogens is 3. The summed E-state index contributed by atoms with van der Waals surface area (Å²) in [5.41, 5.74) is -2.09. The summed E-state index contributed by atoms with van der Waals surface area (Å²) in [4.78, 5) is 20.5. The molecule has 0 unspecified atom stereocenters. The molecular weight excluding hydrogens is 423 g/mol. The Bertz CT molecular complexity index is 1100. The third kappa shape index (κ3) is 5.82. The number of hydrogen-bond donors (Lipinski definition) is 2. The summed E-state index contributed by atoms with van der Waals surface area (Å²) in [6.45, 7) is 3.69. The van der Waals surface area contributed by atoms with Gasteiger partial charge >= 0.3 is 0 Å². The number of carbonyl (C=O) groups excluding carboxylic acids is 1. The van der Waals surface area contributed by atoms with E-state index in [1.165, 1.54) is 12.4 Å². The number of ether oxygens (including phenoxy) is 1. The van der Waals surface area contributed by atoms with E-state index in [1.807, 2.05) is 0 Å². The highest BCUT2D eigenvalue weighted by Crippen LogP contribution is 2.28. The van der Waals surface area contributed by atoms with E-state index in [4.69, 9.17) is 4.74 Å². The van der Waals surface area contributed by atoms with Crippen LogP contribution in [0.4, 0.5) is 18.9 Å². The molecule has 1 aromatic carbocycles. The van der Waals surface area contributed by atoms with Gasteiger partial charge in [0.2, 0.25) is 0 Å². The minimum atomic E-state index is -0.997. The van der Waals surface area contributed by atoms with Crippen LogP contribution in [0.5, 0.6) is 5.75 Å². The third-order valence-corrected chi connectivity index (χ3v) is 4.50. The van der Waals surface area contributed by atoms with Crippen molar-refractivity contribution in [1.29, 1.82) is 0 Å². The van der Waals surface area contributed by atoms with Crippen molar-refractivity contribution in [1.82, 2.24) is 9.97 Å². The van der Waals surface area contributed by atoms with Crippen LogP contribution in [0.3, 0.4) is 0 Å². The molecule has 6 nitrogen and oxygen atoms in total. The topological polar surface area (TPSA) is 84.3 Å². The van der Waals surface area contributed by atoms with E-state index in [0.717, 1.165) is 30.3 Å². The van der Waals surface area contributed by atoms with Gasteiger partial charge in [-0.05, 0) is 51.0 Å². The van der Waals surface area contributed by atoms with Crippen molar-refractivity contribution in [3.05, 3.63) is 71.9 Å². The maximum atomic E-state index is 14.3. The lowest BCUT2D eigenvalue weighted by atomic mass is 10.0. The molecule has 3 rings (SSSR count). The molecule has 0 bridgehead atoms. The van der Waals surface area contributed by atoms with Gasteiger partial charge in [0.05, 0.1) is 24.0 Å². The van der Waals surface area contributed by atoms with Gasteiger partial charge in [-0.25, -0.2) is 18.2 Å². The standard InChI is InChI=1S/C23H22F3N3O3/c1-23(2,31)10-4-12-32-19-9-11-27-13-18(19)29-22(30)17-8-7-16(26)21(28-17)20-14(24)5-3-6-15(20)25/h3,5-9,11,13,31H,4,10,12H2,1-2H3,(H,29,30). The average Bonchev–Trinajstić information content (AvgIpc) is 2.72. The summed E-state index contributed by atoms with van der Waals surface area (Å²) >= 11 is 0. The first-order chi connectivity index (χ1) is 15.2. The molecule has 1 amide bonds. The number of amides is 1. The first-order valence-electron chi connectivity index (χ1n) is 9.87. The zero-order chi connectivity index (χ0) is 23.3. The summed E-state index contributed by atoms with van der Waals surface area (Å²) < 4.78 is 48.1. The third-order valence-electron chi connectivity index (χ3n) is 4.50. The molecule has 0 saturated heterocycles. The van der Waals surface area contributed by atoms with Crippen molar-refractivity contribution in [2.75, 3.05) is 11.9 Å². The van der Waals surface area contributed by atoms with Crippen LogP contribution in [-0.4, -0.2) is 33.2 Å². The second-order valence-electron chi connectivity index (χ2n) is 7.71. The number of nitrogens with zero attached hydrogens (tertiary/aromatic N) is 2. The summed E-state index contributed by atoms with van der Waals surface area (Å²) in [7, 11) is 0. The van der Waals surface area contributed by atoms with Crippen LogP contribution in [0.1, 0.15) is 37.2 Å². The lowest BCUT2D eigenvalue weighted by molar-refractivity contribution is 0.0641. The molecule has 0 fully saturated rings. The van der Waals surface area contributed by atoms with E-state index < -0.39 is 40.2 Å². The van der Waals surface area contributed by atoms with Crippen molar-refractivity contribution in [3.63, 3.8) is 0 Å². The number of carbonyl (C=O) groups is 1. The van der Waals surface area contributed by atoms with Crippen LogP contribution in [0.25, 0.3) is 11.3 Å². The summed E-state index contributed by atoms with van der Waals surface area (Å²) in [6.07, 6.45) is 3.95. The number of rotatable bonds is 8. The molecule has 0 radical (unpaired) electrons. The number of anilines is 1. The van der Waals surface area contributed by atoms with Crippen molar-refractivity contribution >= 4 is 11.6 Å². The van der Waals surface area contributed by atoms with Gasteiger partial charge < -0.3 is 15.2 Å². The van der Waals surface area contributed by atoms with Gasteiger partial charge in [-0.15, -0.1) is 0 Å². The molecule has 0 aliphatic carbocycles. The van der Waals surface area contributed by atoms with Crippen LogP contribution in [-0.2, 0) is 0 Å². The Balaban J connectivity index is 1.79. The minimum absolute atomic E-state index is 0.241. The molecule has 2 heterocycles. The lowest BCUT2D eigenvalue weighted by Gasteiger charge is -2.17. The number of aromatic nitrogens is 2. The maximum Gasteiger partial charge on any atom is 0.274 e. The maximum absolute atomic E-state index is 14.3. The zero-order valence-electron chi connectivity index (χ0n) is 17.5. The van der Waals surface area contributed by atoms with E-state index in [1.54, 1.807) is 19.9 Å². The second-order valence-corrected chi connectivity index (χ2v) is 7.71. The Kier molecular flexibility index (Phi) is 7.09. The van der Waals surface area contributed by atoms with E-state index in [-0.39, 0.29) is 11.4 Å². The fourth-order valence-electron chi connectivity index (χ4n) is 2.94. The number of hydrogen-bond acceptors (Lipinski definition) is 5. The molecule has 0 spiro atoms. The van der Waals surface area contributed by atoms with Gasteiger partial charge in [0.1, 0.15) is 40.3 Å². The van der Waals surface area contributed by atoms with Gasteiger partial charge in [0.25, 0.3) is 5.91 Å². The molecule has 0 aliphatic rings. The second kappa shape index (κ2) is 9.78. The van der Waals surface area contributed by atoms with E-state index in [0.29, 0.717) is 25.2 Å². The largest absolute Gasteiger partial charge is 0.491 e. The molecule has 9 heteroatoms. The number of pyridine rings is 2. The van der Waals surface area contributed by atoms with Gasteiger partial charge in [-0.2, -0.15) is 0 Å². The van der Waals surface area contributed by atoms with Crippen LogP contribution in [0.15, 0.2) is 48.8 Å². The van der Waals surface area contributed by atoms with Crippen molar-refractivity contribution in [3.8, 4) is 17.0 Å². The predicted molar refractivity (Wildman–Crippen MR) is 113 cm³/mol. The first-order valence-corrected chi connectivity index (χ1v) is 9.87. The normalized spacial score (nSPS) is 11.3. The molecule has 168 valence electrons. The van der Waals surface area contributed by atoms with Crippen LogP contribution < -0.4 is 10.1 Å². The number of benzene rings is 1. The molecule has 2 N–H and O–H groups in total. The van der Waals surface area contributed by atoms with Crippen LogP contribution in [0, 0.1) is 17.5 Å². The molecule has 0 aliphatic heterocycles. The Hall–Kier alpha value is -3.46. The number of aliphatic hydroxyl groups is 1. The van der Waals surface area contributed by atoms with Gasteiger partial charge in [0, 0.05) is 12.3 Å². The fraction of sp³-hybridized carbons (Fsp3) is 0.261. The fourth-order valence-corrected chi connectivity index (χ4v) is 2.94. The Morgan fingerprint density at radius 1 is 1.09 bits per heavy atom. The quantitative estimate of drug-likeness (QED) is 0.489. The summed E-state index contributed by atoms with van der Waals surface area (Å²) in [5.74, 6) is -3.36. The van der Waals surface area contributed by atoms with E-state index in [9.17, 15) is 23.1 Å². The molecule has 0 saturated carbocycles. The molecular formula is C23H22F3N3O3. The molecule has 3 aromatic rings. The number of nitrogens with one attached hydrogen (secondary N) is 1. The van der Waals surface area contributed by atoms with Crippen LogP contribution >= 0.6 is 0 Å². The summed E-state index contributed by atoms with van der Waals surface area (Å²) in [6, 6.07) is 6.67. The first kappa shape index (κ1) is 23.2. The Labute approximate surface area is 183 Å². The molecule has 2 aromatic heterocycles.